The first kappa shape index (κ1) is 37.8. The number of para-hydroxylation sites is 1. The van der Waals surface area contributed by atoms with Crippen molar-refractivity contribution in [2.24, 2.45) is 0 Å². The zero-order valence-corrected chi connectivity index (χ0v) is 29.4. The summed E-state index contributed by atoms with van der Waals surface area (Å²) >= 11 is 0. The van der Waals surface area contributed by atoms with Gasteiger partial charge in [0.05, 0.1) is 0 Å². The second-order valence-electron chi connectivity index (χ2n) is 12.4. The van der Waals surface area contributed by atoms with Crippen LogP contribution in [0.3, 0.4) is 0 Å². The van der Waals surface area contributed by atoms with Gasteiger partial charge in [0.1, 0.15) is 0 Å². The number of rotatable bonds is 29. The molecule has 0 aliphatic carbocycles. The Balaban J connectivity index is 2.16. The molecule has 0 fully saturated rings. The molecule has 0 amide bonds. The maximum absolute atomic E-state index is 6.91. The number of aryl methyl sites for hydroxylation is 1. The van der Waals surface area contributed by atoms with Gasteiger partial charge in [-0.2, -0.15) is 0 Å². The van der Waals surface area contributed by atoms with Crippen molar-refractivity contribution in [3.05, 3.63) is 60.2 Å². The molecule has 2 aromatic carbocycles. The van der Waals surface area contributed by atoms with E-state index in [0.717, 1.165) is 25.0 Å². The van der Waals surface area contributed by atoms with Crippen molar-refractivity contribution in [2.75, 3.05) is 13.2 Å². The molecule has 2 rings (SSSR count). The van der Waals surface area contributed by atoms with Crippen LogP contribution >= 0.6 is 7.94 Å². The van der Waals surface area contributed by atoms with Gasteiger partial charge in [0.2, 0.25) is 0 Å². The number of benzene rings is 2. The Labute approximate surface area is 267 Å². The summed E-state index contributed by atoms with van der Waals surface area (Å²) in [5.74, 6) is 0.846. The predicted octanol–water partition coefficient (Wildman–Crippen LogP) is 12.7. The van der Waals surface area contributed by atoms with Gasteiger partial charge in [-0.25, -0.2) is 0 Å². The maximum atomic E-state index is 6.91. The molecule has 0 saturated carbocycles. The van der Waals surface area contributed by atoms with Crippen molar-refractivity contribution in [1.29, 1.82) is 0 Å². The first-order valence-electron chi connectivity index (χ1n) is 18.4. The molecule has 0 N–H and O–H groups in total. The molecule has 0 saturated heterocycles. The molecule has 3 nitrogen and oxygen atoms in total. The quantitative estimate of drug-likeness (QED) is 0.0674. The van der Waals surface area contributed by atoms with Crippen molar-refractivity contribution in [1.82, 2.24) is 0 Å². The average molecular weight is 615 g/mol. The van der Waals surface area contributed by atoms with Crippen LogP contribution in [0.25, 0.3) is 0 Å². The average Bonchev–Trinajstić information content (AvgIpc) is 3.03. The monoisotopic (exact) mass is 614 g/mol. The van der Waals surface area contributed by atoms with E-state index in [-0.39, 0.29) is 0 Å². The second kappa shape index (κ2) is 25.9. The first-order chi connectivity index (χ1) is 21.3. The van der Waals surface area contributed by atoms with Gasteiger partial charge < -0.3 is 0 Å². The van der Waals surface area contributed by atoms with Crippen molar-refractivity contribution >= 4 is 13.2 Å². The molecule has 0 unspecified atom stereocenters. The van der Waals surface area contributed by atoms with E-state index in [2.05, 4.69) is 57.2 Å². The van der Waals surface area contributed by atoms with E-state index in [0.29, 0.717) is 13.2 Å². The van der Waals surface area contributed by atoms with Gasteiger partial charge in [-0.05, 0) is 0 Å². The van der Waals surface area contributed by atoms with Crippen molar-refractivity contribution in [2.45, 2.75) is 162 Å². The van der Waals surface area contributed by atoms with Crippen LogP contribution in [0.15, 0.2) is 54.6 Å². The summed E-state index contributed by atoms with van der Waals surface area (Å²) in [6.45, 7) is 8.23. The SMILES string of the molecule is CCCCCCCCCO[PH](OCCCCCCCCC)(Oc1ccccc1)c1ccccc1CCCCCCCCC. The standard InChI is InChI=1S/C39H67O3P/c1-4-7-10-13-16-19-23-30-37-31-26-27-34-39(37)43(42-38-32-24-22-25-33-38,40-35-28-20-17-14-11-8-5-2)41-36-29-21-18-15-12-9-6-3/h22,24-27,31-34,43H,4-21,23,28-30,35-36H2,1-3H3. The Hall–Kier alpha value is -1.41. The molecular weight excluding hydrogens is 547 g/mol. The summed E-state index contributed by atoms with van der Waals surface area (Å²) < 4.78 is 20.7. The Bertz CT molecular complexity index is 867. The molecule has 2 aromatic rings. The minimum absolute atomic E-state index is 0.690. The normalized spacial score (nSPS) is 12.1. The fourth-order valence-electron chi connectivity index (χ4n) is 5.80. The summed E-state index contributed by atoms with van der Waals surface area (Å²) in [6.07, 6.45) is 28.0. The fraction of sp³-hybridized carbons (Fsp3) is 0.692. The van der Waals surface area contributed by atoms with Gasteiger partial charge >= 0.3 is 268 Å². The summed E-state index contributed by atoms with van der Waals surface area (Å²) in [4.78, 5) is 0. The van der Waals surface area contributed by atoms with E-state index in [1.165, 1.54) is 133 Å². The van der Waals surface area contributed by atoms with Crippen LogP contribution in [-0.4, -0.2) is 13.2 Å². The number of hydrogen-bond acceptors (Lipinski definition) is 3. The van der Waals surface area contributed by atoms with Crippen LogP contribution in [0.4, 0.5) is 0 Å². The van der Waals surface area contributed by atoms with E-state index in [1.54, 1.807) is 0 Å². The molecule has 0 spiro atoms. The third kappa shape index (κ3) is 17.0. The van der Waals surface area contributed by atoms with E-state index in [1.807, 2.05) is 18.2 Å². The van der Waals surface area contributed by atoms with E-state index >= 15 is 0 Å². The first-order valence-corrected chi connectivity index (χ1v) is 20.1. The predicted molar refractivity (Wildman–Crippen MR) is 191 cm³/mol. The Morgan fingerprint density at radius 2 is 0.860 bits per heavy atom. The Kier molecular flexibility index (Phi) is 22.7. The van der Waals surface area contributed by atoms with Crippen LogP contribution < -0.4 is 9.83 Å². The second-order valence-corrected chi connectivity index (χ2v) is 14.9. The zero-order valence-electron chi connectivity index (χ0n) is 28.4. The third-order valence-electron chi connectivity index (χ3n) is 8.47. The van der Waals surface area contributed by atoms with E-state index in [9.17, 15) is 0 Å². The van der Waals surface area contributed by atoms with Crippen molar-refractivity contribution in [3.63, 3.8) is 0 Å². The molecule has 0 aliphatic heterocycles. The van der Waals surface area contributed by atoms with Crippen molar-refractivity contribution < 1.29 is 13.6 Å². The Morgan fingerprint density at radius 1 is 0.442 bits per heavy atom. The van der Waals surface area contributed by atoms with Crippen LogP contribution in [-0.2, 0) is 15.5 Å². The summed E-state index contributed by atoms with van der Waals surface area (Å²) in [5, 5.41) is 1.18. The van der Waals surface area contributed by atoms with Crippen LogP contribution in [0, 0.1) is 0 Å². The molecule has 0 aromatic heterocycles. The Morgan fingerprint density at radius 3 is 1.37 bits per heavy atom. The van der Waals surface area contributed by atoms with Gasteiger partial charge in [-0.3, -0.25) is 0 Å². The minimum atomic E-state index is -3.21. The number of hydrogen-bond donors (Lipinski definition) is 0. The topological polar surface area (TPSA) is 27.7 Å². The van der Waals surface area contributed by atoms with Crippen molar-refractivity contribution in [3.8, 4) is 5.75 Å². The van der Waals surface area contributed by atoms with Gasteiger partial charge in [-0.15, -0.1) is 0 Å². The molecule has 0 aliphatic rings. The van der Waals surface area contributed by atoms with Gasteiger partial charge in [0, 0.05) is 0 Å². The van der Waals surface area contributed by atoms with E-state index < -0.39 is 7.94 Å². The third-order valence-corrected chi connectivity index (χ3v) is 11.3. The molecule has 43 heavy (non-hydrogen) atoms. The molecular formula is C39H67O3P. The summed E-state index contributed by atoms with van der Waals surface area (Å²) in [7, 11) is -3.21. The van der Waals surface area contributed by atoms with Crippen LogP contribution in [0.1, 0.15) is 161 Å². The molecule has 0 atom stereocenters. The molecule has 0 radical (unpaired) electrons. The number of unbranched alkanes of at least 4 members (excludes halogenated alkanes) is 18. The van der Waals surface area contributed by atoms with Gasteiger partial charge in [-0.1, -0.05) is 0 Å². The van der Waals surface area contributed by atoms with Gasteiger partial charge in [0.25, 0.3) is 0 Å². The summed E-state index contributed by atoms with van der Waals surface area (Å²) in [5.41, 5.74) is 1.35. The molecule has 4 heteroatoms. The molecule has 0 bridgehead atoms. The van der Waals surface area contributed by atoms with Gasteiger partial charge in [0.15, 0.2) is 0 Å². The zero-order chi connectivity index (χ0) is 30.7. The van der Waals surface area contributed by atoms with E-state index in [4.69, 9.17) is 13.6 Å². The molecule has 0 heterocycles. The van der Waals surface area contributed by atoms with Crippen LogP contribution in [0.5, 0.6) is 5.75 Å². The molecule has 246 valence electrons. The fourth-order valence-corrected chi connectivity index (χ4v) is 8.59. The summed E-state index contributed by atoms with van der Waals surface area (Å²) in [6, 6.07) is 19.1. The van der Waals surface area contributed by atoms with Crippen LogP contribution in [0.2, 0.25) is 0 Å².